The number of fused-ring (bicyclic) bond motifs is 1. The Bertz CT molecular complexity index is 851. The Kier molecular flexibility index (Phi) is 2.47. The number of H-pyrrole nitrogens is 1. The maximum Gasteiger partial charge on any atom is 0.228 e. The lowest BCUT2D eigenvalue weighted by atomic mass is 10.1. The first-order valence-corrected chi connectivity index (χ1v) is 7.70. The van der Waals surface area contributed by atoms with Gasteiger partial charge in [0.1, 0.15) is 18.0 Å². The lowest BCUT2D eigenvalue weighted by Crippen LogP contribution is -2.05. The number of hydrogen-bond donors (Lipinski definition) is 1. The quantitative estimate of drug-likeness (QED) is 0.800. The molecule has 0 saturated heterocycles. The third-order valence-electron chi connectivity index (χ3n) is 4.13. The molecule has 2 aliphatic rings. The average Bonchev–Trinajstić information content (AvgIpc) is 3.46. The third-order valence-corrected chi connectivity index (χ3v) is 4.13. The molecule has 0 aliphatic heterocycles. The van der Waals surface area contributed by atoms with Crippen LogP contribution in [-0.2, 0) is 0 Å². The van der Waals surface area contributed by atoms with E-state index in [1.165, 1.54) is 12.8 Å². The normalized spacial score (nSPS) is 17.8. The monoisotopic (exact) mass is 293 g/mol. The van der Waals surface area contributed by atoms with E-state index >= 15 is 0 Å². The van der Waals surface area contributed by atoms with E-state index in [9.17, 15) is 0 Å². The fourth-order valence-electron chi connectivity index (χ4n) is 2.66. The number of aromatic nitrogens is 5. The molecule has 5 rings (SSSR count). The molecule has 0 aromatic carbocycles. The summed E-state index contributed by atoms with van der Waals surface area (Å²) in [7, 11) is 0. The van der Waals surface area contributed by atoms with Gasteiger partial charge in [0.25, 0.3) is 0 Å². The summed E-state index contributed by atoms with van der Waals surface area (Å²) >= 11 is 0. The molecule has 6 heteroatoms. The highest BCUT2D eigenvalue weighted by Gasteiger charge is 2.33. The van der Waals surface area contributed by atoms with Gasteiger partial charge in [-0.05, 0) is 31.7 Å². The summed E-state index contributed by atoms with van der Waals surface area (Å²) in [4.78, 5) is 21.1. The molecular weight excluding hydrogens is 278 g/mol. The molecule has 2 fully saturated rings. The van der Waals surface area contributed by atoms with Crippen LogP contribution in [0.3, 0.4) is 0 Å². The van der Waals surface area contributed by atoms with Crippen LogP contribution in [0, 0.1) is 0 Å². The summed E-state index contributed by atoms with van der Waals surface area (Å²) in [6, 6.07) is 1.95. The predicted octanol–water partition coefficient (Wildman–Crippen LogP) is 2.83. The highest BCUT2D eigenvalue weighted by atomic mass is 16.5. The van der Waals surface area contributed by atoms with Gasteiger partial charge < -0.3 is 9.72 Å². The zero-order chi connectivity index (χ0) is 14.5. The van der Waals surface area contributed by atoms with Crippen molar-refractivity contribution < 1.29 is 4.74 Å². The van der Waals surface area contributed by atoms with Crippen molar-refractivity contribution in [3.8, 4) is 17.3 Å². The average molecular weight is 293 g/mol. The maximum absolute atomic E-state index is 5.98. The fraction of sp³-hybridized carbons (Fsp3) is 0.375. The highest BCUT2D eigenvalue weighted by molar-refractivity contribution is 5.77. The van der Waals surface area contributed by atoms with Gasteiger partial charge in [-0.2, -0.15) is 0 Å². The number of ether oxygens (including phenoxy) is 1. The molecule has 6 nitrogen and oxygen atoms in total. The summed E-state index contributed by atoms with van der Waals surface area (Å²) in [6.45, 7) is 0. The molecule has 1 N–H and O–H groups in total. The summed E-state index contributed by atoms with van der Waals surface area (Å²) < 4.78 is 5.98. The van der Waals surface area contributed by atoms with Gasteiger partial charge in [-0.25, -0.2) is 19.9 Å². The van der Waals surface area contributed by atoms with Gasteiger partial charge in [-0.15, -0.1) is 0 Å². The van der Waals surface area contributed by atoms with E-state index < -0.39 is 0 Å². The molecule has 3 aromatic rings. The van der Waals surface area contributed by atoms with Crippen LogP contribution in [0.5, 0.6) is 5.88 Å². The topological polar surface area (TPSA) is 76.6 Å². The van der Waals surface area contributed by atoms with E-state index in [-0.39, 0.29) is 6.10 Å². The van der Waals surface area contributed by atoms with Crippen LogP contribution >= 0.6 is 0 Å². The molecule has 0 bridgehead atoms. The van der Waals surface area contributed by atoms with Crippen LogP contribution in [0.2, 0.25) is 0 Å². The molecule has 110 valence electrons. The highest BCUT2D eigenvalue weighted by Crippen LogP contribution is 2.45. The van der Waals surface area contributed by atoms with Crippen LogP contribution in [0.4, 0.5) is 0 Å². The minimum atomic E-state index is 0.289. The van der Waals surface area contributed by atoms with Crippen LogP contribution < -0.4 is 4.74 Å². The molecule has 2 saturated carbocycles. The Balaban J connectivity index is 1.69. The molecule has 0 amide bonds. The molecule has 0 atom stereocenters. The van der Waals surface area contributed by atoms with Crippen molar-refractivity contribution >= 4 is 11.0 Å². The van der Waals surface area contributed by atoms with Crippen molar-refractivity contribution in [2.24, 2.45) is 0 Å². The van der Waals surface area contributed by atoms with Gasteiger partial charge in [0.2, 0.25) is 5.88 Å². The molecule has 0 spiro atoms. The summed E-state index contributed by atoms with van der Waals surface area (Å²) in [5.74, 6) is 1.78. The molecule has 0 unspecified atom stereocenters. The number of nitrogens with one attached hydrogen (secondary N) is 1. The van der Waals surface area contributed by atoms with Crippen molar-refractivity contribution in [2.45, 2.75) is 37.7 Å². The number of rotatable bonds is 4. The molecular formula is C16H15N5O. The van der Waals surface area contributed by atoms with E-state index in [1.54, 1.807) is 6.33 Å². The SMILES string of the molecule is c1nc(OC2CC2)c(-c2ncc3[nH]ccc3n2)c(C2CC2)n1. The minimum absolute atomic E-state index is 0.289. The van der Waals surface area contributed by atoms with Crippen LogP contribution in [0.25, 0.3) is 22.4 Å². The second kappa shape index (κ2) is 4.50. The smallest absolute Gasteiger partial charge is 0.228 e. The largest absolute Gasteiger partial charge is 0.474 e. The zero-order valence-corrected chi connectivity index (χ0v) is 12.0. The van der Waals surface area contributed by atoms with E-state index in [0.717, 1.165) is 35.1 Å². The lowest BCUT2D eigenvalue weighted by Gasteiger charge is -2.12. The van der Waals surface area contributed by atoms with Crippen molar-refractivity contribution in [3.05, 3.63) is 30.5 Å². The number of nitrogens with zero attached hydrogens (tertiary/aromatic N) is 4. The first-order valence-electron chi connectivity index (χ1n) is 7.70. The van der Waals surface area contributed by atoms with E-state index in [1.807, 2.05) is 18.5 Å². The Morgan fingerprint density at radius 2 is 2.00 bits per heavy atom. The predicted molar refractivity (Wildman–Crippen MR) is 80.5 cm³/mol. The molecule has 2 aliphatic carbocycles. The second-order valence-electron chi connectivity index (χ2n) is 6.00. The Hall–Kier alpha value is -2.50. The van der Waals surface area contributed by atoms with E-state index in [4.69, 9.17) is 4.74 Å². The zero-order valence-electron chi connectivity index (χ0n) is 12.0. The maximum atomic E-state index is 5.98. The molecule has 0 radical (unpaired) electrons. The van der Waals surface area contributed by atoms with Crippen molar-refractivity contribution in [1.82, 2.24) is 24.9 Å². The van der Waals surface area contributed by atoms with Gasteiger partial charge in [0, 0.05) is 12.1 Å². The second-order valence-corrected chi connectivity index (χ2v) is 6.00. The molecule has 3 aromatic heterocycles. The first-order chi connectivity index (χ1) is 10.9. The van der Waals surface area contributed by atoms with E-state index in [2.05, 4.69) is 24.9 Å². The van der Waals surface area contributed by atoms with Crippen molar-refractivity contribution in [1.29, 1.82) is 0 Å². The van der Waals surface area contributed by atoms with Gasteiger partial charge in [0.05, 0.1) is 22.9 Å². The standard InChI is InChI=1S/C16H15N5O/c1-2-9(1)14-13(16(20-8-19-14)22-10-3-4-10)15-18-7-12-11(21-15)5-6-17-12/h5-10,17H,1-4H2. The van der Waals surface area contributed by atoms with Gasteiger partial charge in [-0.1, -0.05) is 0 Å². The van der Waals surface area contributed by atoms with Crippen LogP contribution in [0.15, 0.2) is 24.8 Å². The fourth-order valence-corrected chi connectivity index (χ4v) is 2.66. The summed E-state index contributed by atoms with van der Waals surface area (Å²) in [5.41, 5.74) is 3.73. The van der Waals surface area contributed by atoms with Gasteiger partial charge in [0.15, 0.2) is 5.82 Å². The van der Waals surface area contributed by atoms with Crippen LogP contribution in [0.1, 0.15) is 37.3 Å². The Labute approximate surface area is 127 Å². The molecule has 3 heterocycles. The number of hydrogen-bond acceptors (Lipinski definition) is 5. The van der Waals surface area contributed by atoms with Crippen LogP contribution in [-0.4, -0.2) is 31.0 Å². The Morgan fingerprint density at radius 1 is 1.09 bits per heavy atom. The summed E-state index contributed by atoms with van der Waals surface area (Å²) in [6.07, 6.45) is 10.1. The first kappa shape index (κ1) is 12.1. The van der Waals surface area contributed by atoms with Crippen molar-refractivity contribution in [3.63, 3.8) is 0 Å². The number of aromatic amines is 1. The minimum Gasteiger partial charge on any atom is -0.474 e. The third kappa shape index (κ3) is 2.03. The lowest BCUT2D eigenvalue weighted by molar-refractivity contribution is 0.291. The molecule has 22 heavy (non-hydrogen) atoms. The summed E-state index contributed by atoms with van der Waals surface area (Å²) in [5, 5.41) is 0. The van der Waals surface area contributed by atoms with Crippen molar-refractivity contribution in [2.75, 3.05) is 0 Å². The van der Waals surface area contributed by atoms with E-state index in [0.29, 0.717) is 17.6 Å². The Morgan fingerprint density at radius 3 is 2.82 bits per heavy atom. The van der Waals surface area contributed by atoms with Gasteiger partial charge in [-0.3, -0.25) is 0 Å². The van der Waals surface area contributed by atoms with Gasteiger partial charge >= 0.3 is 0 Å².